The van der Waals surface area contributed by atoms with E-state index in [0.717, 1.165) is 12.7 Å². The fraction of sp³-hybridized carbons (Fsp3) is 0.568. The van der Waals surface area contributed by atoms with Gasteiger partial charge in [0.2, 0.25) is 30.4 Å². The lowest BCUT2D eigenvalue weighted by Gasteiger charge is -2.27. The maximum atomic E-state index is 13.7. The van der Waals surface area contributed by atoms with Crippen LogP contribution in [-0.4, -0.2) is 168 Å². The predicted molar refractivity (Wildman–Crippen MR) is 251 cm³/mol. The van der Waals surface area contributed by atoms with E-state index in [0.29, 0.717) is 0 Å². The summed E-state index contributed by atoms with van der Waals surface area (Å²) in [6, 6.07) is 0. The minimum Gasteiger partial charge on any atom is -0.756 e. The van der Waals surface area contributed by atoms with Gasteiger partial charge in [-0.1, -0.05) is 0 Å². The normalized spacial score (nSPS) is 29.1. The fourth-order valence-electron chi connectivity index (χ4n) is 9.42. The van der Waals surface area contributed by atoms with E-state index in [2.05, 4.69) is 53.8 Å². The van der Waals surface area contributed by atoms with Crippen molar-refractivity contribution in [2.45, 2.75) is 74.3 Å². The number of carbonyl (C=O) groups is 1. The SMILES string of the molecule is COCC[C@H]1[C@@H](O)[C@H](n2c[n+](C)c3c(=O)[nH]c(N)nc32)O[C@@H]1COP(=O)([O-])OP(=O)(O)OP(=O)(O)OCC1O[C@@H](n2cnc3c(N)ncnc32)[C@H](OC)[C@@H]1CC(=O)NC[C@H]1O[C@@H](n2cnc3c(=O)[nH]c(N)nc32)[C@H](O)[C@@H]1O. The van der Waals surface area contributed by atoms with Crippen molar-refractivity contribution < 1.29 is 94.4 Å². The Morgan fingerprint density at radius 1 is 0.779 bits per heavy atom. The van der Waals surface area contributed by atoms with Gasteiger partial charge < -0.3 is 80.7 Å². The Kier molecular flexibility index (Phi) is 15.8. The van der Waals surface area contributed by atoms with Crippen molar-refractivity contribution in [2.24, 2.45) is 18.9 Å². The molecule has 0 bridgehead atoms. The number of phosphoric acid groups is 3. The number of aliphatic hydroxyl groups excluding tert-OH is 3. The zero-order valence-electron chi connectivity index (χ0n) is 40.3. The highest BCUT2D eigenvalue weighted by Gasteiger charge is 2.51. The Morgan fingerprint density at radius 2 is 1.40 bits per heavy atom. The van der Waals surface area contributed by atoms with Crippen LogP contribution in [0, 0.1) is 11.8 Å². The first-order valence-electron chi connectivity index (χ1n) is 22.8. The van der Waals surface area contributed by atoms with Gasteiger partial charge >= 0.3 is 21.2 Å². The maximum Gasteiger partial charge on any atom is 0.487 e. The number of ether oxygens (including phenoxy) is 5. The van der Waals surface area contributed by atoms with E-state index in [1.54, 1.807) is 0 Å². The molecule has 40 heteroatoms. The first-order chi connectivity index (χ1) is 36.4. The van der Waals surface area contributed by atoms with Crippen LogP contribution in [0.4, 0.5) is 17.7 Å². The number of hydrogen-bond donors (Lipinski definition) is 11. The molecule has 3 aliphatic heterocycles. The molecule has 77 heavy (non-hydrogen) atoms. The van der Waals surface area contributed by atoms with E-state index in [-0.39, 0.29) is 64.2 Å². The van der Waals surface area contributed by atoms with E-state index in [1.807, 2.05) is 0 Å². The average Bonchev–Trinajstić information content (AvgIpc) is 4.24. The van der Waals surface area contributed by atoms with Gasteiger partial charge in [-0.15, -0.1) is 0 Å². The number of aromatic amines is 2. The number of nitrogen functional groups attached to an aromatic ring is 3. The fourth-order valence-corrected chi connectivity index (χ4v) is 12.9. The van der Waals surface area contributed by atoms with Crippen molar-refractivity contribution in [1.82, 2.24) is 58.9 Å². The van der Waals surface area contributed by atoms with Gasteiger partial charge in [0, 0.05) is 45.6 Å². The smallest absolute Gasteiger partial charge is 0.487 e. The highest BCUT2D eigenvalue weighted by molar-refractivity contribution is 7.66. The summed E-state index contributed by atoms with van der Waals surface area (Å²) in [4.78, 5) is 102. The number of nitrogens with two attached hydrogens (primary N) is 3. The molecule has 9 heterocycles. The molecule has 0 aromatic carbocycles. The third-order valence-electron chi connectivity index (χ3n) is 12.9. The summed E-state index contributed by atoms with van der Waals surface area (Å²) in [5.74, 6) is -3.36. The molecule has 1 amide bonds. The molecule has 3 aliphatic rings. The molecule has 3 saturated heterocycles. The van der Waals surface area contributed by atoms with Gasteiger partial charge in [0.15, 0.2) is 35.1 Å². The minimum atomic E-state index is -6.16. The van der Waals surface area contributed by atoms with Gasteiger partial charge in [0.05, 0.1) is 45.1 Å². The molecule has 15 atom stereocenters. The lowest BCUT2D eigenvalue weighted by molar-refractivity contribution is -0.646. The van der Waals surface area contributed by atoms with Gasteiger partial charge in [-0.25, -0.2) is 37.9 Å². The number of aliphatic hydroxyl groups is 3. The molecule has 3 fully saturated rings. The van der Waals surface area contributed by atoms with E-state index >= 15 is 0 Å². The van der Waals surface area contributed by atoms with Crippen molar-refractivity contribution in [3.8, 4) is 0 Å². The lowest BCUT2D eigenvalue weighted by Crippen LogP contribution is -2.41. The number of hydrogen-bond acceptors (Lipinski definition) is 28. The Morgan fingerprint density at radius 3 is 2.12 bits per heavy atom. The van der Waals surface area contributed by atoms with Crippen LogP contribution in [0.15, 0.2) is 34.9 Å². The van der Waals surface area contributed by atoms with Gasteiger partial charge in [-0.05, 0) is 6.42 Å². The molecule has 0 saturated carbocycles. The third kappa shape index (κ3) is 11.4. The number of aromatic nitrogens is 12. The Labute approximate surface area is 430 Å². The molecule has 14 N–H and O–H groups in total. The zero-order chi connectivity index (χ0) is 55.5. The van der Waals surface area contributed by atoms with Crippen molar-refractivity contribution in [1.29, 1.82) is 0 Å². The first kappa shape index (κ1) is 55.9. The summed E-state index contributed by atoms with van der Waals surface area (Å²) in [6.45, 7) is -2.37. The molecule has 0 aliphatic carbocycles. The minimum absolute atomic E-state index is 0.0000456. The first-order valence-corrected chi connectivity index (χ1v) is 27.2. The van der Waals surface area contributed by atoms with Crippen molar-refractivity contribution in [3.05, 3.63) is 46.0 Å². The summed E-state index contributed by atoms with van der Waals surface area (Å²) >= 11 is 0. The number of anilines is 3. The molecule has 6 aromatic rings. The second-order valence-corrected chi connectivity index (χ2v) is 22.3. The lowest BCUT2D eigenvalue weighted by atomic mass is 9.93. The molecular weight excluding hydrogens is 1100 g/mol. The molecule has 4 unspecified atom stereocenters. The number of imidazole rings is 3. The maximum absolute atomic E-state index is 13.7. The van der Waals surface area contributed by atoms with Crippen LogP contribution in [0.1, 0.15) is 31.5 Å². The van der Waals surface area contributed by atoms with Crippen molar-refractivity contribution >= 4 is 80.6 Å². The number of aryl methyl sites for hydroxylation is 1. The number of nitrogens with one attached hydrogen (secondary N) is 3. The monoisotopic (exact) mass is 1150 g/mol. The summed E-state index contributed by atoms with van der Waals surface area (Å²) in [6.07, 6.45) is -9.23. The molecular formula is C37H51N16O21P3. The summed E-state index contributed by atoms with van der Waals surface area (Å²) < 4.78 is 92.1. The van der Waals surface area contributed by atoms with Crippen LogP contribution in [-0.2, 0) is 66.9 Å². The third-order valence-corrected chi connectivity index (χ3v) is 17.1. The number of rotatable bonds is 21. The van der Waals surface area contributed by atoms with Crippen LogP contribution >= 0.6 is 23.5 Å². The number of carbonyl (C=O) groups excluding carboxylic acids is 1. The van der Waals surface area contributed by atoms with Crippen LogP contribution in [0.2, 0.25) is 0 Å². The second-order valence-electron chi connectivity index (χ2n) is 17.7. The van der Waals surface area contributed by atoms with E-state index in [1.165, 1.54) is 52.2 Å². The quantitative estimate of drug-likeness (QED) is 0.0239. The summed E-state index contributed by atoms with van der Waals surface area (Å²) in [7, 11) is -13.9. The Balaban J connectivity index is 0.859. The van der Waals surface area contributed by atoms with Crippen LogP contribution < -0.4 is 43.1 Å². The molecule has 0 radical (unpaired) electrons. The number of H-pyrrole nitrogens is 2. The van der Waals surface area contributed by atoms with Crippen LogP contribution in [0.5, 0.6) is 0 Å². The highest BCUT2D eigenvalue weighted by atomic mass is 31.3. The van der Waals surface area contributed by atoms with Gasteiger partial charge in [0.25, 0.3) is 24.5 Å². The van der Waals surface area contributed by atoms with Crippen LogP contribution in [0.3, 0.4) is 0 Å². The van der Waals surface area contributed by atoms with E-state index in [4.69, 9.17) is 49.9 Å². The van der Waals surface area contributed by atoms with E-state index in [9.17, 15) is 58.1 Å². The molecule has 9 rings (SSSR count). The summed E-state index contributed by atoms with van der Waals surface area (Å²) in [5.41, 5.74) is 16.3. The average molecular weight is 1150 g/mol. The number of fused-ring (bicyclic) bond motifs is 3. The molecule has 420 valence electrons. The number of methoxy groups -OCH3 is 2. The second kappa shape index (κ2) is 21.8. The topological polar surface area (TPSA) is 527 Å². The zero-order valence-corrected chi connectivity index (χ0v) is 43.0. The molecule has 0 spiro atoms. The molecule has 37 nitrogen and oxygen atoms in total. The van der Waals surface area contributed by atoms with Crippen molar-refractivity contribution in [3.63, 3.8) is 0 Å². The highest BCUT2D eigenvalue weighted by Crippen LogP contribution is 2.67. The van der Waals surface area contributed by atoms with E-state index < -0.39 is 140 Å². The standard InChI is InChI=1S/C37H51N16O21P3/c1-50-13-53(30-22(50)32(59)49-37(40)47-30)33-23(55)14(4-5-66-2)17(71-33)8-68-75(60,61)73-77(64,65)74-76(62,63)69-9-18-15(26(67-3)35(72-18)51-11-44-20-27(38)42-10-43-28(20)51)6-19(54)41-7-16-24(56)25(57)34(70-16)52-12-45-21-29(52)46-36(39)48-31(21)58/h10-18,23-26,33-35,55-57H,4-9H2,1-3H3,(H11-,38,39,40,41,42,43,46,47,48,49,54,58,59,60,61,62,63,64,65)/t14-,15-,16-,17-,18?,23-,24-,25-,26-,33-,34-,35-/m1/s1. The van der Waals surface area contributed by atoms with Crippen molar-refractivity contribution in [2.75, 3.05) is 57.8 Å². The summed E-state index contributed by atoms with van der Waals surface area (Å²) in [5, 5.41) is 35.8. The van der Waals surface area contributed by atoms with Gasteiger partial charge in [0.1, 0.15) is 42.4 Å². The number of amides is 1. The predicted octanol–water partition coefficient (Wildman–Crippen LogP) is -4.43. The Hall–Kier alpha value is -5.79. The van der Waals surface area contributed by atoms with Gasteiger partial charge in [-0.2, -0.15) is 18.8 Å². The number of nitrogens with zero attached hydrogens (tertiary/aromatic N) is 10. The van der Waals surface area contributed by atoms with Crippen LogP contribution in [0.25, 0.3) is 33.5 Å². The molecule has 6 aromatic heterocycles. The Bertz CT molecular complexity index is 3450. The van der Waals surface area contributed by atoms with Gasteiger partial charge in [-0.3, -0.25) is 42.6 Å². The largest absolute Gasteiger partial charge is 0.756 e. The number of phosphoric ester groups is 2.